The molecule has 0 unspecified atom stereocenters. The molecule has 0 saturated heterocycles. The lowest BCUT2D eigenvalue weighted by atomic mass is 10.0. The molecule has 0 aliphatic rings. The molecule has 1 aromatic rings. The van der Waals surface area contributed by atoms with E-state index in [1.165, 1.54) is 24.3 Å². The van der Waals surface area contributed by atoms with Crippen molar-refractivity contribution < 1.29 is 23.7 Å². The fourth-order valence-corrected chi connectivity index (χ4v) is 2.84. The first-order chi connectivity index (χ1) is 9.93. The first-order valence-corrected chi connectivity index (χ1v) is 7.89. The van der Waals surface area contributed by atoms with Crippen LogP contribution in [0, 0.1) is 11.3 Å². The van der Waals surface area contributed by atoms with E-state index in [-0.39, 0.29) is 22.8 Å². The van der Waals surface area contributed by atoms with Gasteiger partial charge in [0.25, 0.3) is 0 Å². The molecule has 0 saturated carbocycles. The zero-order chi connectivity index (χ0) is 15.9. The maximum atomic E-state index is 12.1. The second-order valence-corrected chi connectivity index (χ2v) is 6.75. The molecule has 0 aliphatic carbocycles. The van der Waals surface area contributed by atoms with Crippen molar-refractivity contribution >= 4 is 9.84 Å². The van der Waals surface area contributed by atoms with Crippen LogP contribution in [-0.4, -0.2) is 61.4 Å². The molecule has 7 nitrogen and oxygen atoms in total. The van der Waals surface area contributed by atoms with E-state index < -0.39 is 35.2 Å². The van der Waals surface area contributed by atoms with E-state index in [9.17, 15) is 8.42 Å². The smallest absolute Gasteiger partial charge is 0.179 e. The van der Waals surface area contributed by atoms with E-state index >= 15 is 0 Å². The summed E-state index contributed by atoms with van der Waals surface area (Å²) in [7, 11) is -3.60. The Kier molecular flexibility index (Phi) is 6.26. The molecule has 116 valence electrons. The van der Waals surface area contributed by atoms with E-state index in [0.29, 0.717) is 0 Å². The Morgan fingerprint density at radius 1 is 1.19 bits per heavy atom. The molecule has 4 N–H and O–H groups in total. The summed E-state index contributed by atoms with van der Waals surface area (Å²) >= 11 is 0. The summed E-state index contributed by atoms with van der Waals surface area (Å²) in [6, 6.07) is 7.54. The van der Waals surface area contributed by atoms with E-state index in [4.69, 9.17) is 20.6 Å². The highest BCUT2D eigenvalue weighted by atomic mass is 32.2. The second kappa shape index (κ2) is 7.49. The normalized spacial score (nSPS) is 12.1. The van der Waals surface area contributed by atoms with E-state index in [2.05, 4.69) is 5.32 Å². The van der Waals surface area contributed by atoms with E-state index in [0.717, 1.165) is 0 Å². The minimum Gasteiger partial charge on any atom is -0.394 e. The Balaban J connectivity index is 2.76. The summed E-state index contributed by atoms with van der Waals surface area (Å²) < 4.78 is 24.2. The van der Waals surface area contributed by atoms with Crippen LogP contribution in [0.15, 0.2) is 29.2 Å². The van der Waals surface area contributed by atoms with Crippen LogP contribution in [0.5, 0.6) is 0 Å². The molecule has 0 bridgehead atoms. The quantitative estimate of drug-likeness (QED) is 0.466. The standard InChI is InChI=1S/C13H18N2O5S/c14-7-11-2-1-3-12(6-11)21(19,20)5-4-15-13(8-16,9-17)10-18/h1-3,6,15-18H,4-5,8-10H2. The fourth-order valence-electron chi connectivity index (χ4n) is 1.65. The number of rotatable bonds is 8. The summed E-state index contributed by atoms with van der Waals surface area (Å²) in [5.74, 6) is -0.288. The minimum atomic E-state index is -3.60. The van der Waals surface area contributed by atoms with E-state index in [1.807, 2.05) is 6.07 Å². The lowest BCUT2D eigenvalue weighted by molar-refractivity contribution is 0.0440. The first-order valence-electron chi connectivity index (χ1n) is 6.23. The summed E-state index contributed by atoms with van der Waals surface area (Å²) in [6.07, 6.45) is 0. The molecule has 0 aromatic heterocycles. The zero-order valence-corrected chi connectivity index (χ0v) is 12.2. The predicted molar refractivity (Wildman–Crippen MR) is 75.2 cm³/mol. The average molecular weight is 314 g/mol. The van der Waals surface area contributed by atoms with Crippen molar-refractivity contribution in [1.82, 2.24) is 5.32 Å². The monoisotopic (exact) mass is 314 g/mol. The molecule has 0 atom stereocenters. The number of nitrogens with zero attached hydrogens (tertiary/aromatic N) is 1. The van der Waals surface area contributed by atoms with E-state index in [1.54, 1.807) is 0 Å². The van der Waals surface area contributed by atoms with Crippen LogP contribution in [0.3, 0.4) is 0 Å². The molecular weight excluding hydrogens is 296 g/mol. The van der Waals surface area contributed by atoms with Crippen LogP contribution in [0.4, 0.5) is 0 Å². The maximum Gasteiger partial charge on any atom is 0.179 e. The van der Waals surface area contributed by atoms with Gasteiger partial charge in [0.1, 0.15) is 0 Å². The number of hydrogen-bond acceptors (Lipinski definition) is 7. The first kappa shape index (κ1) is 17.6. The minimum absolute atomic E-state index is 0.0333. The van der Waals surface area contributed by atoms with Gasteiger partial charge in [0, 0.05) is 6.54 Å². The third kappa shape index (κ3) is 4.49. The fraction of sp³-hybridized carbons (Fsp3) is 0.462. The van der Waals surface area contributed by atoms with Crippen molar-refractivity contribution in [3.8, 4) is 6.07 Å². The number of nitrogens with one attached hydrogen (secondary N) is 1. The molecule has 0 spiro atoms. The topological polar surface area (TPSA) is 131 Å². The SMILES string of the molecule is N#Cc1cccc(S(=O)(=O)CCNC(CO)(CO)CO)c1. The Labute approximate surface area is 123 Å². The van der Waals surface area contributed by atoms with Crippen molar-refractivity contribution in [2.45, 2.75) is 10.4 Å². The molecule has 1 aromatic carbocycles. The molecule has 0 heterocycles. The van der Waals surface area contributed by atoms with Crippen LogP contribution in [0.2, 0.25) is 0 Å². The number of aliphatic hydroxyl groups is 3. The van der Waals surface area contributed by atoms with Crippen LogP contribution in [0.1, 0.15) is 5.56 Å². The summed E-state index contributed by atoms with van der Waals surface area (Å²) in [6.45, 7) is -1.63. The molecule has 1 rings (SSSR count). The van der Waals surface area contributed by atoms with Gasteiger partial charge < -0.3 is 20.6 Å². The Bertz CT molecular complexity index is 597. The number of benzene rings is 1. The van der Waals surface area contributed by atoms with Gasteiger partial charge in [-0.05, 0) is 18.2 Å². The third-order valence-corrected chi connectivity index (χ3v) is 4.81. The van der Waals surface area contributed by atoms with Crippen molar-refractivity contribution in [2.75, 3.05) is 32.1 Å². The predicted octanol–water partition coefficient (Wildman–Crippen LogP) is -1.36. The molecule has 0 amide bonds. The maximum absolute atomic E-state index is 12.1. The highest BCUT2D eigenvalue weighted by molar-refractivity contribution is 7.91. The average Bonchev–Trinajstić information content (AvgIpc) is 2.52. The molecule has 0 radical (unpaired) electrons. The lowest BCUT2D eigenvalue weighted by Gasteiger charge is -2.28. The van der Waals surface area contributed by atoms with Crippen molar-refractivity contribution in [3.63, 3.8) is 0 Å². The van der Waals surface area contributed by atoms with Gasteiger partial charge in [0.15, 0.2) is 9.84 Å². The van der Waals surface area contributed by atoms with Gasteiger partial charge in [-0.25, -0.2) is 8.42 Å². The highest BCUT2D eigenvalue weighted by Gasteiger charge is 2.28. The third-order valence-electron chi connectivity index (χ3n) is 3.10. The van der Waals surface area contributed by atoms with Crippen LogP contribution < -0.4 is 5.32 Å². The lowest BCUT2D eigenvalue weighted by Crippen LogP contribution is -2.55. The van der Waals surface area contributed by atoms with Crippen molar-refractivity contribution in [1.29, 1.82) is 5.26 Å². The van der Waals surface area contributed by atoms with Crippen LogP contribution in [0.25, 0.3) is 0 Å². The molecular formula is C13H18N2O5S. The summed E-state index contributed by atoms with van der Waals surface area (Å²) in [5.41, 5.74) is -1.07. The molecule has 21 heavy (non-hydrogen) atoms. The van der Waals surface area contributed by atoms with Crippen LogP contribution >= 0.6 is 0 Å². The highest BCUT2D eigenvalue weighted by Crippen LogP contribution is 2.13. The van der Waals surface area contributed by atoms with Crippen LogP contribution in [-0.2, 0) is 9.84 Å². The second-order valence-electron chi connectivity index (χ2n) is 4.64. The molecule has 0 aliphatic heterocycles. The van der Waals surface area contributed by atoms with Gasteiger partial charge in [-0.1, -0.05) is 6.07 Å². The molecule has 0 fully saturated rings. The van der Waals surface area contributed by atoms with Gasteiger partial charge in [-0.3, -0.25) is 0 Å². The van der Waals surface area contributed by atoms with Gasteiger partial charge in [-0.15, -0.1) is 0 Å². The van der Waals surface area contributed by atoms with Crippen molar-refractivity contribution in [2.24, 2.45) is 0 Å². The van der Waals surface area contributed by atoms with Gasteiger partial charge in [-0.2, -0.15) is 5.26 Å². The molecule has 8 heteroatoms. The summed E-state index contributed by atoms with van der Waals surface area (Å²) in [5, 5.41) is 38.8. The van der Waals surface area contributed by atoms with Gasteiger partial charge in [0.2, 0.25) is 0 Å². The van der Waals surface area contributed by atoms with Gasteiger partial charge >= 0.3 is 0 Å². The van der Waals surface area contributed by atoms with Crippen molar-refractivity contribution in [3.05, 3.63) is 29.8 Å². The number of hydrogen-bond donors (Lipinski definition) is 4. The largest absolute Gasteiger partial charge is 0.394 e. The Morgan fingerprint density at radius 3 is 2.33 bits per heavy atom. The number of aliphatic hydroxyl groups excluding tert-OH is 3. The van der Waals surface area contributed by atoms with Gasteiger partial charge in [0.05, 0.1) is 47.6 Å². The zero-order valence-electron chi connectivity index (χ0n) is 11.4. The number of nitriles is 1. The summed E-state index contributed by atoms with van der Waals surface area (Å²) in [4.78, 5) is 0.0333. The Morgan fingerprint density at radius 2 is 1.81 bits per heavy atom. The Hall–Kier alpha value is -1.50. The number of sulfone groups is 1.